The van der Waals surface area contributed by atoms with Crippen LogP contribution >= 0.6 is 27.5 Å². The lowest BCUT2D eigenvalue weighted by molar-refractivity contribution is 0.446. The van der Waals surface area contributed by atoms with E-state index in [0.29, 0.717) is 11.6 Å². The van der Waals surface area contributed by atoms with Gasteiger partial charge in [0.2, 0.25) is 0 Å². The zero-order chi connectivity index (χ0) is 20.2. The monoisotopic (exact) mass is 468 g/mol. The Labute approximate surface area is 182 Å². The summed E-state index contributed by atoms with van der Waals surface area (Å²) in [6, 6.07) is 17.7. The number of rotatable bonds is 7. The molecule has 29 heavy (non-hydrogen) atoms. The Hall–Kier alpha value is -2.55. The molecule has 2 heterocycles. The van der Waals surface area contributed by atoms with Crippen molar-refractivity contribution >= 4 is 52.3 Å². The van der Waals surface area contributed by atoms with Crippen molar-refractivity contribution in [2.75, 3.05) is 17.7 Å². The quantitative estimate of drug-likeness (QED) is 0.372. The minimum atomic E-state index is 0.632. The zero-order valence-electron chi connectivity index (χ0n) is 15.6. The minimum Gasteiger partial charge on any atom is -0.422 e. The molecular weight excluding hydrogens is 452 g/mol. The maximum atomic E-state index is 6.39. The van der Waals surface area contributed by atoms with Crippen molar-refractivity contribution in [2.24, 2.45) is 0 Å². The summed E-state index contributed by atoms with van der Waals surface area (Å²) in [5.74, 6) is 0.825. The second kappa shape index (κ2) is 8.86. The number of nitrogens with one attached hydrogen (secondary N) is 2. The fourth-order valence-electron chi connectivity index (χ4n) is 2.91. The Kier molecular flexibility index (Phi) is 6.04. The number of hydrogen-bond acceptors (Lipinski definition) is 5. The Balaban J connectivity index is 1.62. The molecule has 0 saturated carbocycles. The van der Waals surface area contributed by atoms with Crippen LogP contribution in [0.3, 0.4) is 0 Å². The molecule has 0 aliphatic carbocycles. The number of anilines is 2. The van der Waals surface area contributed by atoms with E-state index < -0.39 is 0 Å². The topological polar surface area (TPSA) is 63.5 Å². The molecule has 0 aliphatic heterocycles. The van der Waals surface area contributed by atoms with Crippen LogP contribution in [0.5, 0.6) is 0 Å². The maximum Gasteiger partial charge on any atom is 0.435 e. The smallest absolute Gasteiger partial charge is 0.422 e. The summed E-state index contributed by atoms with van der Waals surface area (Å²) in [5.41, 5.74) is 4.46. The number of fused-ring (bicyclic) bond motifs is 1. The number of benzene rings is 2. The van der Waals surface area contributed by atoms with Gasteiger partial charge in [0.15, 0.2) is 5.65 Å². The number of aromatic nitrogens is 3. The first kappa shape index (κ1) is 19.8. The molecule has 0 unspecified atom stereocenters. The van der Waals surface area contributed by atoms with Crippen LogP contribution in [-0.4, -0.2) is 29.3 Å². The second-order valence-electron chi connectivity index (χ2n) is 6.28. The first-order chi connectivity index (χ1) is 14.2. The van der Waals surface area contributed by atoms with Crippen molar-refractivity contribution in [2.45, 2.75) is 6.54 Å². The van der Waals surface area contributed by atoms with Crippen LogP contribution in [0.15, 0.2) is 65.3 Å². The molecule has 4 rings (SSSR count). The van der Waals surface area contributed by atoms with Gasteiger partial charge in [0.25, 0.3) is 0 Å². The van der Waals surface area contributed by atoms with E-state index in [1.165, 1.54) is 7.62 Å². The average molecular weight is 470 g/mol. The van der Waals surface area contributed by atoms with Gasteiger partial charge in [-0.15, -0.1) is 0 Å². The fraction of sp³-hybridized carbons (Fsp3) is 0.100. The van der Waals surface area contributed by atoms with Gasteiger partial charge in [-0.1, -0.05) is 41.9 Å². The van der Waals surface area contributed by atoms with E-state index >= 15 is 0 Å². The molecular formula is C20H17BBrClN5O. The van der Waals surface area contributed by atoms with Crippen LogP contribution < -0.4 is 10.5 Å². The van der Waals surface area contributed by atoms with E-state index in [1.807, 2.05) is 54.6 Å². The fourth-order valence-corrected chi connectivity index (χ4v) is 3.49. The maximum absolute atomic E-state index is 6.39. The highest BCUT2D eigenvalue weighted by atomic mass is 79.9. The highest BCUT2D eigenvalue weighted by Gasteiger charge is 2.13. The van der Waals surface area contributed by atoms with Gasteiger partial charge in [0, 0.05) is 36.0 Å². The standard InChI is InChI=1S/C20H17BBrClN5O/c1-29-21-27-14-8-6-13(7-9-14)11-24-19-10-18(15-4-2-3-5-17(15)23)26-20-16(22)12-25-28(19)20/h2-10,12,24,27H,11H2,1H3. The average Bonchev–Trinajstić information content (AvgIpc) is 3.12. The lowest BCUT2D eigenvalue weighted by Crippen LogP contribution is -2.09. The van der Waals surface area contributed by atoms with Gasteiger partial charge in [-0.25, -0.2) is 4.98 Å². The van der Waals surface area contributed by atoms with Gasteiger partial charge >= 0.3 is 7.62 Å². The summed E-state index contributed by atoms with van der Waals surface area (Å²) in [6.45, 7) is 0.632. The van der Waals surface area contributed by atoms with Gasteiger partial charge in [-0.2, -0.15) is 9.61 Å². The van der Waals surface area contributed by atoms with E-state index in [1.54, 1.807) is 17.8 Å². The number of hydrogen-bond donors (Lipinski definition) is 2. The Bertz CT molecular complexity index is 1140. The van der Waals surface area contributed by atoms with E-state index in [2.05, 4.69) is 31.6 Å². The van der Waals surface area contributed by atoms with Crippen LogP contribution in [-0.2, 0) is 11.2 Å². The molecule has 2 aromatic heterocycles. The van der Waals surface area contributed by atoms with Crippen molar-refractivity contribution in [3.63, 3.8) is 0 Å². The van der Waals surface area contributed by atoms with E-state index in [9.17, 15) is 0 Å². The molecule has 4 aromatic rings. The molecule has 0 amide bonds. The predicted molar refractivity (Wildman–Crippen MR) is 121 cm³/mol. The molecule has 9 heteroatoms. The van der Waals surface area contributed by atoms with E-state index in [0.717, 1.165) is 38.4 Å². The van der Waals surface area contributed by atoms with E-state index in [4.69, 9.17) is 21.2 Å². The predicted octanol–water partition coefficient (Wildman–Crippen LogP) is 5.02. The normalized spacial score (nSPS) is 10.9. The van der Waals surface area contributed by atoms with Crippen molar-refractivity contribution in [3.05, 3.63) is 75.9 Å². The highest BCUT2D eigenvalue weighted by Crippen LogP contribution is 2.30. The number of halogens is 2. The minimum absolute atomic E-state index is 0.632. The molecule has 2 N–H and O–H groups in total. The number of nitrogens with zero attached hydrogens (tertiary/aromatic N) is 3. The summed E-state index contributed by atoms with van der Waals surface area (Å²) >= 11 is 9.91. The lowest BCUT2D eigenvalue weighted by Gasteiger charge is -2.12. The first-order valence-corrected chi connectivity index (χ1v) is 10.1. The summed E-state index contributed by atoms with van der Waals surface area (Å²) in [5, 5.41) is 11.6. The molecule has 1 radical (unpaired) electrons. The van der Waals surface area contributed by atoms with Gasteiger partial charge in [0.05, 0.1) is 16.4 Å². The molecule has 145 valence electrons. The summed E-state index contributed by atoms with van der Waals surface area (Å²) < 4.78 is 7.49. The summed E-state index contributed by atoms with van der Waals surface area (Å²) in [7, 11) is 3.14. The molecule has 0 fully saturated rings. The van der Waals surface area contributed by atoms with E-state index in [-0.39, 0.29) is 0 Å². The molecule has 0 aliphatic rings. The van der Waals surface area contributed by atoms with Crippen LogP contribution in [0.2, 0.25) is 5.02 Å². The highest BCUT2D eigenvalue weighted by molar-refractivity contribution is 9.10. The lowest BCUT2D eigenvalue weighted by atomic mass is 10.1. The Morgan fingerprint density at radius 1 is 1.17 bits per heavy atom. The SMILES string of the molecule is CO[B]Nc1ccc(CNc2cc(-c3ccccc3Cl)nc3c(Br)cnn23)cc1. The Morgan fingerprint density at radius 3 is 2.72 bits per heavy atom. The van der Waals surface area contributed by atoms with Crippen molar-refractivity contribution in [1.29, 1.82) is 0 Å². The third-order valence-electron chi connectivity index (χ3n) is 4.35. The summed E-state index contributed by atoms with van der Waals surface area (Å²) in [4.78, 5) is 4.73. The molecule has 0 bridgehead atoms. The zero-order valence-corrected chi connectivity index (χ0v) is 17.9. The van der Waals surface area contributed by atoms with Crippen molar-refractivity contribution in [3.8, 4) is 11.3 Å². The third-order valence-corrected chi connectivity index (χ3v) is 5.24. The van der Waals surface area contributed by atoms with Crippen LogP contribution in [0.4, 0.5) is 11.5 Å². The van der Waals surface area contributed by atoms with Gasteiger partial charge < -0.3 is 15.2 Å². The molecule has 2 aromatic carbocycles. The second-order valence-corrected chi connectivity index (χ2v) is 7.54. The van der Waals surface area contributed by atoms with Crippen LogP contribution in [0, 0.1) is 0 Å². The third kappa shape index (κ3) is 4.39. The van der Waals surface area contributed by atoms with Gasteiger partial charge in [0.1, 0.15) is 5.82 Å². The van der Waals surface area contributed by atoms with Crippen LogP contribution in [0.25, 0.3) is 16.9 Å². The van der Waals surface area contributed by atoms with Gasteiger partial charge in [-0.3, -0.25) is 0 Å². The molecule has 0 atom stereocenters. The first-order valence-electron chi connectivity index (χ1n) is 8.89. The largest absolute Gasteiger partial charge is 0.435 e. The van der Waals surface area contributed by atoms with Crippen molar-refractivity contribution in [1.82, 2.24) is 14.6 Å². The Morgan fingerprint density at radius 2 is 1.97 bits per heavy atom. The molecule has 0 saturated heterocycles. The molecule has 6 nitrogen and oxygen atoms in total. The van der Waals surface area contributed by atoms with Crippen molar-refractivity contribution < 1.29 is 4.65 Å². The summed E-state index contributed by atoms with van der Waals surface area (Å²) in [6.07, 6.45) is 1.73. The van der Waals surface area contributed by atoms with Gasteiger partial charge in [-0.05, 0) is 39.7 Å². The van der Waals surface area contributed by atoms with Crippen LogP contribution in [0.1, 0.15) is 5.56 Å². The molecule has 0 spiro atoms.